The topological polar surface area (TPSA) is 103 Å². The molecule has 2 aromatic rings. The van der Waals surface area contributed by atoms with E-state index in [0.717, 1.165) is 12.3 Å². The van der Waals surface area contributed by atoms with E-state index in [1.54, 1.807) is 13.0 Å². The summed E-state index contributed by atoms with van der Waals surface area (Å²) in [5.74, 6) is -0.471. The molecule has 0 unspecified atom stereocenters. The smallest absolute Gasteiger partial charge is 0.422 e. The monoisotopic (exact) mass is 418 g/mol. The van der Waals surface area contributed by atoms with Crippen LogP contribution < -0.4 is 10.1 Å². The van der Waals surface area contributed by atoms with Crippen LogP contribution >= 0.6 is 0 Å². The summed E-state index contributed by atoms with van der Waals surface area (Å²) in [6, 6.07) is 3.68. The number of carbonyl (C=O) groups excluding carboxylic acids is 1. The van der Waals surface area contributed by atoms with Gasteiger partial charge >= 0.3 is 6.18 Å². The quantitative estimate of drug-likeness (QED) is 0.798. The van der Waals surface area contributed by atoms with Gasteiger partial charge in [-0.05, 0) is 19.4 Å². The predicted octanol–water partition coefficient (Wildman–Crippen LogP) is 2.14. The average Bonchev–Trinajstić information content (AvgIpc) is 3.14. The highest BCUT2D eigenvalue weighted by Gasteiger charge is 2.31. The van der Waals surface area contributed by atoms with Crippen molar-refractivity contribution in [2.24, 2.45) is 0 Å². The molecule has 12 heteroatoms. The number of ether oxygens (including phenoxy) is 1. The van der Waals surface area contributed by atoms with Gasteiger partial charge in [-0.1, -0.05) is 0 Å². The Bertz CT molecular complexity index is 971. The first-order valence-electron chi connectivity index (χ1n) is 8.26. The first kappa shape index (κ1) is 20.1. The van der Waals surface area contributed by atoms with Crippen LogP contribution in [0.5, 0.6) is 5.88 Å². The molecule has 0 saturated carbocycles. The number of hydrogen-bond acceptors (Lipinski definition) is 6. The third kappa shape index (κ3) is 5.00. The van der Waals surface area contributed by atoms with E-state index in [4.69, 9.17) is 0 Å². The second-order valence-electron chi connectivity index (χ2n) is 6.42. The fraction of sp³-hybridized carbons (Fsp3) is 0.438. The molecular formula is C16H17F3N4O4S. The molecule has 1 saturated heterocycles. The molecule has 0 aromatic carbocycles. The SMILES string of the molecule is Cc1cc(NC(=O)c2ccc(OCC(F)(F)F)nc2)n([C@@H]2CCS(=O)(=O)C2)n1. The second-order valence-corrected chi connectivity index (χ2v) is 8.64. The van der Waals surface area contributed by atoms with E-state index in [-0.39, 0.29) is 29.0 Å². The van der Waals surface area contributed by atoms with Crippen LogP contribution in [0.15, 0.2) is 24.4 Å². The molecule has 0 bridgehead atoms. The van der Waals surface area contributed by atoms with Crippen molar-refractivity contribution in [1.29, 1.82) is 0 Å². The highest BCUT2D eigenvalue weighted by molar-refractivity contribution is 7.91. The van der Waals surface area contributed by atoms with E-state index in [9.17, 15) is 26.4 Å². The van der Waals surface area contributed by atoms with Crippen molar-refractivity contribution < 1.29 is 31.1 Å². The number of aromatic nitrogens is 3. The maximum Gasteiger partial charge on any atom is 0.422 e. The summed E-state index contributed by atoms with van der Waals surface area (Å²) in [7, 11) is -3.13. The van der Waals surface area contributed by atoms with E-state index in [2.05, 4.69) is 20.1 Å². The number of hydrogen-bond donors (Lipinski definition) is 1. The number of alkyl halides is 3. The molecule has 1 fully saturated rings. The summed E-state index contributed by atoms with van der Waals surface area (Å²) in [4.78, 5) is 16.1. The van der Waals surface area contributed by atoms with E-state index in [0.29, 0.717) is 17.9 Å². The van der Waals surface area contributed by atoms with Crippen molar-refractivity contribution in [2.75, 3.05) is 23.4 Å². The number of nitrogens with zero attached hydrogens (tertiary/aromatic N) is 3. The molecule has 3 rings (SSSR count). The molecule has 3 heterocycles. The minimum atomic E-state index is -4.48. The average molecular weight is 418 g/mol. The number of pyridine rings is 1. The minimum absolute atomic E-state index is 0.0518. The maximum absolute atomic E-state index is 12.4. The maximum atomic E-state index is 12.4. The van der Waals surface area contributed by atoms with Crippen molar-refractivity contribution in [1.82, 2.24) is 14.8 Å². The fourth-order valence-electron chi connectivity index (χ4n) is 2.80. The fourth-order valence-corrected chi connectivity index (χ4v) is 4.49. The number of sulfone groups is 1. The summed E-state index contributed by atoms with van der Waals surface area (Å²) < 4.78 is 65.8. The summed E-state index contributed by atoms with van der Waals surface area (Å²) in [5.41, 5.74) is 0.706. The molecule has 0 spiro atoms. The number of aryl methyl sites for hydroxylation is 1. The second kappa shape index (κ2) is 7.41. The van der Waals surface area contributed by atoms with Gasteiger partial charge in [0.05, 0.1) is 28.8 Å². The van der Waals surface area contributed by atoms with Crippen LogP contribution in [0.25, 0.3) is 0 Å². The number of amides is 1. The Hall–Kier alpha value is -2.63. The highest BCUT2D eigenvalue weighted by Crippen LogP contribution is 2.27. The molecule has 1 aliphatic heterocycles. The lowest BCUT2D eigenvalue weighted by Crippen LogP contribution is -2.20. The van der Waals surface area contributed by atoms with Gasteiger partial charge in [-0.25, -0.2) is 18.1 Å². The summed E-state index contributed by atoms with van der Waals surface area (Å²) in [6.45, 7) is 0.234. The van der Waals surface area contributed by atoms with Crippen LogP contribution in [-0.2, 0) is 9.84 Å². The molecular weight excluding hydrogens is 401 g/mol. The van der Waals surface area contributed by atoms with Gasteiger partial charge in [-0.15, -0.1) is 0 Å². The molecule has 152 valence electrons. The number of halogens is 3. The minimum Gasteiger partial charge on any atom is -0.468 e. The van der Waals surface area contributed by atoms with Crippen molar-refractivity contribution in [3.05, 3.63) is 35.7 Å². The van der Waals surface area contributed by atoms with Gasteiger partial charge in [0.1, 0.15) is 5.82 Å². The van der Waals surface area contributed by atoms with E-state index in [1.807, 2.05) is 0 Å². The summed E-state index contributed by atoms with van der Waals surface area (Å²) >= 11 is 0. The predicted molar refractivity (Wildman–Crippen MR) is 93.0 cm³/mol. The van der Waals surface area contributed by atoms with Crippen molar-refractivity contribution >= 4 is 21.6 Å². The lowest BCUT2D eigenvalue weighted by Gasteiger charge is -2.14. The molecule has 1 aliphatic rings. The molecule has 0 radical (unpaired) electrons. The molecule has 28 heavy (non-hydrogen) atoms. The van der Waals surface area contributed by atoms with Crippen molar-refractivity contribution in [3.8, 4) is 5.88 Å². The zero-order valence-corrected chi connectivity index (χ0v) is 15.5. The molecule has 1 N–H and O–H groups in total. The summed E-state index contributed by atoms with van der Waals surface area (Å²) in [6.07, 6.45) is -2.99. The van der Waals surface area contributed by atoms with E-state index < -0.39 is 28.5 Å². The van der Waals surface area contributed by atoms with Gasteiger partial charge in [-0.3, -0.25) is 4.79 Å². The van der Waals surface area contributed by atoms with Gasteiger partial charge in [0, 0.05) is 18.3 Å². The molecule has 2 aromatic heterocycles. The lowest BCUT2D eigenvalue weighted by atomic mass is 10.2. The number of nitrogens with one attached hydrogen (secondary N) is 1. The van der Waals surface area contributed by atoms with Gasteiger partial charge in [0.25, 0.3) is 5.91 Å². The zero-order chi connectivity index (χ0) is 20.5. The van der Waals surface area contributed by atoms with Crippen molar-refractivity contribution in [2.45, 2.75) is 25.6 Å². The number of anilines is 1. The van der Waals surface area contributed by atoms with Crippen molar-refractivity contribution in [3.63, 3.8) is 0 Å². The van der Waals surface area contributed by atoms with E-state index in [1.165, 1.54) is 10.7 Å². The summed E-state index contributed by atoms with van der Waals surface area (Å²) in [5, 5.41) is 6.90. The number of carbonyl (C=O) groups is 1. The van der Waals surface area contributed by atoms with Crippen LogP contribution in [0.1, 0.15) is 28.5 Å². The Morgan fingerprint density at radius 2 is 2.14 bits per heavy atom. The van der Waals surface area contributed by atoms with Crippen LogP contribution in [0.3, 0.4) is 0 Å². The Morgan fingerprint density at radius 3 is 2.71 bits per heavy atom. The lowest BCUT2D eigenvalue weighted by molar-refractivity contribution is -0.154. The highest BCUT2D eigenvalue weighted by atomic mass is 32.2. The third-order valence-corrected chi connectivity index (χ3v) is 5.79. The zero-order valence-electron chi connectivity index (χ0n) is 14.7. The Morgan fingerprint density at radius 1 is 1.39 bits per heavy atom. The van der Waals surface area contributed by atoms with Gasteiger partial charge in [-0.2, -0.15) is 18.3 Å². The van der Waals surface area contributed by atoms with Crippen LogP contribution in [-0.4, -0.2) is 53.4 Å². The Kier molecular flexibility index (Phi) is 5.33. The van der Waals surface area contributed by atoms with Crippen LogP contribution in [0.2, 0.25) is 0 Å². The van der Waals surface area contributed by atoms with Gasteiger partial charge in [0.15, 0.2) is 16.4 Å². The Labute approximate surface area is 158 Å². The molecule has 8 nitrogen and oxygen atoms in total. The van der Waals surface area contributed by atoms with Crippen LogP contribution in [0.4, 0.5) is 19.0 Å². The Balaban J connectivity index is 1.70. The molecule has 1 atom stereocenters. The number of rotatable bonds is 5. The molecule has 1 amide bonds. The standard InChI is InChI=1S/C16H17F3N4O4S/c1-10-6-13(23(22-10)12-4-5-28(25,26)8-12)21-15(24)11-2-3-14(20-7-11)27-9-16(17,18)19/h2-3,6-7,12H,4-5,8-9H2,1H3,(H,21,24)/t12-/m1/s1. The van der Waals surface area contributed by atoms with Crippen LogP contribution in [0, 0.1) is 6.92 Å². The van der Waals surface area contributed by atoms with Gasteiger partial charge < -0.3 is 10.1 Å². The van der Waals surface area contributed by atoms with Gasteiger partial charge in [0.2, 0.25) is 5.88 Å². The normalized spacial score (nSPS) is 18.8. The largest absolute Gasteiger partial charge is 0.468 e. The first-order valence-corrected chi connectivity index (χ1v) is 10.1. The third-order valence-electron chi connectivity index (χ3n) is 4.04. The molecule has 0 aliphatic carbocycles. The first-order chi connectivity index (χ1) is 13.0. The van der Waals surface area contributed by atoms with E-state index >= 15 is 0 Å².